The van der Waals surface area contributed by atoms with Crippen LogP contribution in [0.4, 0.5) is 0 Å². The van der Waals surface area contributed by atoms with E-state index < -0.39 is 0 Å². The lowest BCUT2D eigenvalue weighted by atomic mass is 10.0. The fourth-order valence-electron chi connectivity index (χ4n) is 13.1. The van der Waals surface area contributed by atoms with E-state index in [0.29, 0.717) is 5.82 Å². The summed E-state index contributed by atoms with van der Waals surface area (Å²) in [6.07, 6.45) is 0. The van der Waals surface area contributed by atoms with Crippen LogP contribution >= 0.6 is 0 Å². The third-order valence-electron chi connectivity index (χ3n) is 16.8. The number of hydrogen-bond acceptors (Lipinski definition) is 2. The van der Waals surface area contributed by atoms with E-state index in [9.17, 15) is 0 Å². The Morgan fingerprint density at radius 2 is 0.561 bits per heavy atom. The van der Waals surface area contributed by atoms with Crippen molar-refractivity contribution in [1.29, 1.82) is 0 Å². The van der Waals surface area contributed by atoms with Crippen LogP contribution in [-0.2, 0) is 0 Å². The molecular formula is C76H48N6. The first-order valence-electron chi connectivity index (χ1n) is 28.0. The van der Waals surface area contributed by atoms with Gasteiger partial charge in [-0.2, -0.15) is 0 Å². The van der Waals surface area contributed by atoms with Gasteiger partial charge in [0.15, 0.2) is 5.82 Å². The lowest BCUT2D eigenvalue weighted by Crippen LogP contribution is -2.03. The second kappa shape index (κ2) is 18.2. The molecular weight excluding hydrogens is 997 g/mol. The molecule has 0 atom stereocenters. The van der Waals surface area contributed by atoms with Crippen molar-refractivity contribution in [3.8, 4) is 67.8 Å². The third-order valence-corrected chi connectivity index (χ3v) is 16.8. The summed E-state index contributed by atoms with van der Waals surface area (Å²) in [5, 5.41) is 9.68. The van der Waals surface area contributed by atoms with E-state index in [0.717, 1.165) is 83.7 Å². The first-order valence-corrected chi connectivity index (χ1v) is 28.0. The minimum Gasteiger partial charge on any atom is -0.309 e. The van der Waals surface area contributed by atoms with E-state index in [-0.39, 0.29) is 0 Å². The molecule has 0 amide bonds. The van der Waals surface area contributed by atoms with E-state index in [1.54, 1.807) is 0 Å². The normalized spacial score (nSPS) is 11.9. The summed E-state index contributed by atoms with van der Waals surface area (Å²) in [7, 11) is 0. The Hall–Kier alpha value is -11.1. The van der Waals surface area contributed by atoms with Gasteiger partial charge < -0.3 is 13.7 Å². The lowest BCUT2D eigenvalue weighted by molar-refractivity contribution is 1.05. The summed E-state index contributed by atoms with van der Waals surface area (Å²) in [5.74, 6) is 1.46. The van der Waals surface area contributed by atoms with Crippen molar-refractivity contribution in [2.75, 3.05) is 0 Å². The second-order valence-corrected chi connectivity index (χ2v) is 21.4. The van der Waals surface area contributed by atoms with Gasteiger partial charge in [0, 0.05) is 77.3 Å². The topological polar surface area (TPSA) is 45.5 Å². The summed E-state index contributed by atoms with van der Waals surface area (Å²) in [6, 6.07) is 105. The highest BCUT2D eigenvalue weighted by Gasteiger charge is 2.21. The molecule has 82 heavy (non-hydrogen) atoms. The summed E-state index contributed by atoms with van der Waals surface area (Å²) in [4.78, 5) is 10.8. The summed E-state index contributed by atoms with van der Waals surface area (Å²) in [5.41, 5.74) is 20.0. The molecule has 17 rings (SSSR count). The Morgan fingerprint density at radius 1 is 0.195 bits per heavy atom. The molecule has 0 fully saturated rings. The first kappa shape index (κ1) is 45.9. The zero-order valence-electron chi connectivity index (χ0n) is 44.4. The van der Waals surface area contributed by atoms with Crippen molar-refractivity contribution < 1.29 is 0 Å². The number of rotatable bonds is 8. The molecule has 382 valence electrons. The Bertz CT molecular complexity index is 5390. The van der Waals surface area contributed by atoms with Gasteiger partial charge in [-0.05, 0) is 125 Å². The van der Waals surface area contributed by atoms with Gasteiger partial charge >= 0.3 is 0 Å². The zero-order valence-corrected chi connectivity index (χ0v) is 44.4. The largest absolute Gasteiger partial charge is 0.309 e. The molecule has 0 aliphatic carbocycles. The van der Waals surface area contributed by atoms with E-state index in [2.05, 4.69) is 303 Å². The molecule has 17 aromatic rings. The summed E-state index contributed by atoms with van der Waals surface area (Å²) >= 11 is 0. The fraction of sp³-hybridized carbons (Fsp3) is 0. The van der Waals surface area contributed by atoms with Gasteiger partial charge in [0.25, 0.3) is 0 Å². The van der Waals surface area contributed by atoms with Crippen LogP contribution in [0.15, 0.2) is 291 Å². The van der Waals surface area contributed by atoms with Gasteiger partial charge in [0.2, 0.25) is 0 Å². The number of nitrogens with zero attached hydrogens (tertiary/aromatic N) is 6. The second-order valence-electron chi connectivity index (χ2n) is 21.4. The van der Waals surface area contributed by atoms with Crippen molar-refractivity contribution in [3.05, 3.63) is 291 Å². The monoisotopic (exact) mass is 1040 g/mol. The smallest absolute Gasteiger partial charge is 0.162 e. The molecule has 0 N–H and O–H groups in total. The average molecular weight is 1050 g/mol. The van der Waals surface area contributed by atoms with Crippen LogP contribution in [0.5, 0.6) is 0 Å². The fourth-order valence-corrected chi connectivity index (χ4v) is 13.1. The molecule has 0 radical (unpaired) electrons. The van der Waals surface area contributed by atoms with Crippen LogP contribution in [0.2, 0.25) is 0 Å². The number of para-hydroxylation sites is 6. The molecule has 0 saturated heterocycles. The maximum atomic E-state index is 5.42. The van der Waals surface area contributed by atoms with Gasteiger partial charge in [-0.3, -0.25) is 4.57 Å². The predicted octanol–water partition coefficient (Wildman–Crippen LogP) is 19.5. The molecule has 0 aliphatic heterocycles. The van der Waals surface area contributed by atoms with E-state index >= 15 is 0 Å². The zero-order chi connectivity index (χ0) is 53.8. The highest BCUT2D eigenvalue weighted by atomic mass is 15.1. The van der Waals surface area contributed by atoms with Gasteiger partial charge in [0.05, 0.1) is 49.8 Å². The lowest BCUT2D eigenvalue weighted by Gasteiger charge is -2.14. The average Bonchev–Trinajstić information content (AvgIpc) is 4.16. The number of aromatic nitrogens is 6. The third kappa shape index (κ3) is 7.15. The minimum atomic E-state index is 0.662. The van der Waals surface area contributed by atoms with E-state index in [1.807, 2.05) is 6.07 Å². The molecule has 0 spiro atoms. The molecule has 0 unspecified atom stereocenters. The number of hydrogen-bond donors (Lipinski definition) is 0. The Kier molecular flexibility index (Phi) is 10.2. The maximum Gasteiger partial charge on any atom is 0.162 e. The van der Waals surface area contributed by atoms with Crippen molar-refractivity contribution in [2.24, 2.45) is 0 Å². The van der Waals surface area contributed by atoms with Crippen LogP contribution in [0, 0.1) is 0 Å². The van der Waals surface area contributed by atoms with Gasteiger partial charge in [0.1, 0.15) is 5.82 Å². The standard InChI is InChI=1S/C76H48N6/c1-4-19-49(20-5-1)76-77-66(48-75(78-76)82-70-34-17-13-30-61(70)65-46-52(38-42-73(65)82)53-35-39-62-58-27-10-14-31-67(58)80(74(62)47-53)56-24-8-3-9-25-56)54-21-18-26-57(43-54)81-69-33-16-12-29-60(69)64-45-51(37-41-72(64)81)50-36-40-71-63(44-50)59-28-11-15-32-68(59)79(71)55-22-6-2-7-23-55/h1-48H. The number of fused-ring (bicyclic) bond motifs is 12. The van der Waals surface area contributed by atoms with Crippen molar-refractivity contribution in [1.82, 2.24) is 28.2 Å². The van der Waals surface area contributed by atoms with Crippen molar-refractivity contribution >= 4 is 87.2 Å². The van der Waals surface area contributed by atoms with Crippen LogP contribution < -0.4 is 0 Å². The van der Waals surface area contributed by atoms with Crippen LogP contribution in [0.1, 0.15) is 0 Å². The number of benzene rings is 12. The van der Waals surface area contributed by atoms with E-state index in [4.69, 9.17) is 9.97 Å². The van der Waals surface area contributed by atoms with Crippen molar-refractivity contribution in [2.45, 2.75) is 0 Å². The van der Waals surface area contributed by atoms with E-state index in [1.165, 1.54) is 65.5 Å². The van der Waals surface area contributed by atoms with Crippen LogP contribution in [0.3, 0.4) is 0 Å². The van der Waals surface area contributed by atoms with Gasteiger partial charge in [-0.25, -0.2) is 9.97 Å². The molecule has 0 aliphatic rings. The maximum absolute atomic E-state index is 5.42. The Labute approximate surface area is 471 Å². The Morgan fingerprint density at radius 3 is 1.10 bits per heavy atom. The van der Waals surface area contributed by atoms with Crippen molar-refractivity contribution in [3.63, 3.8) is 0 Å². The van der Waals surface area contributed by atoms with Gasteiger partial charge in [-0.1, -0.05) is 182 Å². The first-order chi connectivity index (χ1) is 40.7. The molecule has 5 heterocycles. The SMILES string of the molecule is c1ccc(-c2nc(-c3cccc(-n4c5ccccc5c5cc(-c6ccc7c(c6)c6ccccc6n7-c6ccccc6)ccc54)c3)cc(-n3c4ccccc4c4cc(-c5ccc6c7ccccc7n(-c7ccccc7)c6c5)ccc43)n2)cc1. The van der Waals surface area contributed by atoms with Crippen LogP contribution in [-0.4, -0.2) is 28.2 Å². The highest BCUT2D eigenvalue weighted by Crippen LogP contribution is 2.42. The van der Waals surface area contributed by atoms with Gasteiger partial charge in [-0.15, -0.1) is 0 Å². The molecule has 6 heteroatoms. The molecule has 6 nitrogen and oxygen atoms in total. The molecule has 12 aromatic carbocycles. The Balaban J connectivity index is 0.789. The summed E-state index contributed by atoms with van der Waals surface area (Å²) in [6.45, 7) is 0. The van der Waals surface area contributed by atoms with Crippen LogP contribution in [0.25, 0.3) is 155 Å². The quantitative estimate of drug-likeness (QED) is 0.152. The highest BCUT2D eigenvalue weighted by molar-refractivity contribution is 6.14. The minimum absolute atomic E-state index is 0.662. The molecule has 0 bridgehead atoms. The predicted molar refractivity (Wildman–Crippen MR) is 341 cm³/mol. The molecule has 0 saturated carbocycles. The molecule has 5 aromatic heterocycles. The summed E-state index contributed by atoms with van der Waals surface area (Å²) < 4.78 is 9.48.